The first-order valence-corrected chi connectivity index (χ1v) is 9.81. The molecule has 0 bridgehead atoms. The van der Waals surface area contributed by atoms with Gasteiger partial charge in [0.15, 0.2) is 16.8 Å². The minimum Gasteiger partial charge on any atom is -0.368 e. The summed E-state index contributed by atoms with van der Waals surface area (Å²) in [7, 11) is 0. The highest BCUT2D eigenvalue weighted by Gasteiger charge is 2.18. The smallest absolute Gasteiger partial charge is 0.237 e. The number of carbonyl (C=O) groups is 2. The monoisotopic (exact) mass is 386 g/mol. The van der Waals surface area contributed by atoms with E-state index < -0.39 is 5.91 Å². The van der Waals surface area contributed by atoms with Crippen molar-refractivity contribution < 1.29 is 9.59 Å². The summed E-state index contributed by atoms with van der Waals surface area (Å²) in [6.45, 7) is 3.85. The Labute approximate surface area is 159 Å². The minimum absolute atomic E-state index is 0.0162. The highest BCUT2D eigenvalue weighted by Crippen LogP contribution is 2.27. The van der Waals surface area contributed by atoms with Crippen LogP contribution in [-0.4, -0.2) is 32.2 Å². The van der Waals surface area contributed by atoms with Gasteiger partial charge >= 0.3 is 0 Å². The summed E-state index contributed by atoms with van der Waals surface area (Å²) < 4.78 is 1.66. The van der Waals surface area contributed by atoms with Crippen LogP contribution in [0.4, 0.5) is 0 Å². The average molecular weight is 387 g/mol. The van der Waals surface area contributed by atoms with Gasteiger partial charge in [0.25, 0.3) is 0 Å². The van der Waals surface area contributed by atoms with Gasteiger partial charge in [0, 0.05) is 5.56 Å². The van der Waals surface area contributed by atoms with Crippen LogP contribution in [0.15, 0.2) is 40.9 Å². The lowest BCUT2D eigenvalue weighted by Crippen LogP contribution is -2.20. The third-order valence-corrected chi connectivity index (χ3v) is 5.63. The van der Waals surface area contributed by atoms with Crippen LogP contribution in [-0.2, 0) is 11.3 Å². The van der Waals surface area contributed by atoms with E-state index in [0.29, 0.717) is 16.5 Å². The molecule has 2 aromatic heterocycles. The number of aromatic nitrogens is 3. The van der Waals surface area contributed by atoms with E-state index in [1.54, 1.807) is 4.57 Å². The van der Waals surface area contributed by atoms with Gasteiger partial charge in [-0.1, -0.05) is 35.5 Å². The zero-order valence-corrected chi connectivity index (χ0v) is 16.1. The van der Waals surface area contributed by atoms with Crippen LogP contribution in [0, 0.1) is 13.8 Å². The van der Waals surface area contributed by atoms with Crippen molar-refractivity contribution in [1.29, 1.82) is 0 Å². The molecule has 1 aromatic carbocycles. The number of carbonyl (C=O) groups excluding carboxylic acids is 2. The average Bonchev–Trinajstić information content (AvgIpc) is 3.24. The maximum absolute atomic E-state index is 12.6. The number of thiophene rings is 1. The molecule has 0 radical (unpaired) electrons. The Morgan fingerprint density at radius 3 is 2.73 bits per heavy atom. The number of hydrogen-bond donors (Lipinski definition) is 1. The molecule has 134 valence electrons. The summed E-state index contributed by atoms with van der Waals surface area (Å²) in [5, 5.41) is 10.8. The fourth-order valence-corrected chi connectivity index (χ4v) is 4.06. The van der Waals surface area contributed by atoms with Gasteiger partial charge in [-0.25, -0.2) is 0 Å². The van der Waals surface area contributed by atoms with Gasteiger partial charge in [-0.2, -0.15) is 0 Å². The van der Waals surface area contributed by atoms with Crippen LogP contribution >= 0.6 is 23.1 Å². The summed E-state index contributed by atoms with van der Waals surface area (Å²) in [5.41, 5.74) is 8.06. The number of rotatable bonds is 7. The first kappa shape index (κ1) is 18.3. The topological polar surface area (TPSA) is 90.9 Å². The van der Waals surface area contributed by atoms with Crippen molar-refractivity contribution in [3.8, 4) is 10.7 Å². The Kier molecular flexibility index (Phi) is 5.53. The van der Waals surface area contributed by atoms with E-state index >= 15 is 0 Å². The molecule has 3 aromatic rings. The Morgan fingerprint density at radius 1 is 1.23 bits per heavy atom. The Balaban J connectivity index is 1.82. The van der Waals surface area contributed by atoms with Crippen molar-refractivity contribution in [2.24, 2.45) is 5.73 Å². The number of nitrogens with zero attached hydrogens (tertiary/aromatic N) is 3. The van der Waals surface area contributed by atoms with Crippen LogP contribution < -0.4 is 5.73 Å². The standard InChI is InChI=1S/C18H18N4O2S2/c1-11-5-6-12(2)13(8-11)14(23)10-26-18-21-20-17(15-4-3-7-25-15)22(18)9-16(19)24/h3-8H,9-10H2,1-2H3,(H2,19,24). The van der Waals surface area contributed by atoms with E-state index in [4.69, 9.17) is 5.73 Å². The highest BCUT2D eigenvalue weighted by atomic mass is 32.2. The molecule has 3 rings (SSSR count). The molecule has 0 aliphatic heterocycles. The van der Waals surface area contributed by atoms with Crippen LogP contribution in [0.2, 0.25) is 0 Å². The summed E-state index contributed by atoms with van der Waals surface area (Å²) in [4.78, 5) is 24.9. The van der Waals surface area contributed by atoms with Gasteiger partial charge in [-0.15, -0.1) is 21.5 Å². The Morgan fingerprint density at radius 2 is 2.04 bits per heavy atom. The number of aryl methyl sites for hydroxylation is 2. The Hall–Kier alpha value is -2.45. The fourth-order valence-electron chi connectivity index (χ4n) is 2.53. The van der Waals surface area contributed by atoms with E-state index in [1.807, 2.05) is 49.6 Å². The molecular weight excluding hydrogens is 368 g/mol. The van der Waals surface area contributed by atoms with Crippen molar-refractivity contribution in [3.05, 3.63) is 52.4 Å². The van der Waals surface area contributed by atoms with Gasteiger partial charge in [0.05, 0.1) is 10.6 Å². The number of benzene rings is 1. The second-order valence-corrected chi connectivity index (χ2v) is 7.76. The van der Waals surface area contributed by atoms with E-state index in [-0.39, 0.29) is 18.1 Å². The summed E-state index contributed by atoms with van der Waals surface area (Å²) in [6.07, 6.45) is 0. The van der Waals surface area contributed by atoms with Crippen LogP contribution in [0.3, 0.4) is 0 Å². The largest absolute Gasteiger partial charge is 0.368 e. The van der Waals surface area contributed by atoms with Gasteiger partial charge in [0.1, 0.15) is 6.54 Å². The van der Waals surface area contributed by atoms with Gasteiger partial charge in [0.2, 0.25) is 5.91 Å². The number of hydrogen-bond acceptors (Lipinski definition) is 6. The van der Waals surface area contributed by atoms with Crippen molar-refractivity contribution in [1.82, 2.24) is 14.8 Å². The first-order chi connectivity index (χ1) is 12.5. The molecule has 0 spiro atoms. The number of amides is 1. The zero-order chi connectivity index (χ0) is 18.7. The fraction of sp³-hybridized carbons (Fsp3) is 0.222. The molecule has 0 aliphatic rings. The molecule has 0 saturated carbocycles. The number of primary amides is 1. The van der Waals surface area contributed by atoms with Crippen LogP contribution in [0.5, 0.6) is 0 Å². The quantitative estimate of drug-likeness (QED) is 0.498. The first-order valence-electron chi connectivity index (χ1n) is 7.94. The summed E-state index contributed by atoms with van der Waals surface area (Å²) in [6, 6.07) is 9.62. The lowest BCUT2D eigenvalue weighted by atomic mass is 10.0. The molecule has 0 aliphatic carbocycles. The lowest BCUT2D eigenvalue weighted by Gasteiger charge is -2.08. The molecule has 6 nitrogen and oxygen atoms in total. The maximum Gasteiger partial charge on any atom is 0.237 e. The van der Waals surface area contributed by atoms with E-state index in [0.717, 1.165) is 16.0 Å². The predicted octanol–water partition coefficient (Wildman–Crippen LogP) is 3.08. The van der Waals surface area contributed by atoms with Gasteiger partial charge in [-0.3, -0.25) is 14.2 Å². The lowest BCUT2D eigenvalue weighted by molar-refractivity contribution is -0.118. The highest BCUT2D eigenvalue weighted by molar-refractivity contribution is 7.99. The molecule has 0 saturated heterocycles. The Bertz CT molecular complexity index is 948. The third-order valence-electron chi connectivity index (χ3n) is 3.80. The number of Topliss-reactive ketones (excluding diaryl/α,β-unsaturated/α-hetero) is 1. The predicted molar refractivity (Wildman–Crippen MR) is 103 cm³/mol. The second-order valence-electron chi connectivity index (χ2n) is 5.87. The molecule has 0 unspecified atom stereocenters. The van der Waals surface area contributed by atoms with E-state index in [1.165, 1.54) is 23.1 Å². The van der Waals surface area contributed by atoms with Crippen molar-refractivity contribution in [2.75, 3.05) is 5.75 Å². The molecule has 2 heterocycles. The number of thioether (sulfide) groups is 1. The molecule has 2 N–H and O–H groups in total. The SMILES string of the molecule is Cc1ccc(C)c(C(=O)CSc2nnc(-c3cccs3)n2CC(N)=O)c1. The van der Waals surface area contributed by atoms with E-state index in [9.17, 15) is 9.59 Å². The number of ketones is 1. The van der Waals surface area contributed by atoms with Crippen molar-refractivity contribution in [3.63, 3.8) is 0 Å². The summed E-state index contributed by atoms with van der Waals surface area (Å²) in [5.74, 6) is 0.333. The van der Waals surface area contributed by atoms with Crippen LogP contribution in [0.1, 0.15) is 21.5 Å². The van der Waals surface area contributed by atoms with Gasteiger partial charge < -0.3 is 5.73 Å². The molecule has 0 fully saturated rings. The van der Waals surface area contributed by atoms with Crippen molar-refractivity contribution >= 4 is 34.8 Å². The number of nitrogens with two attached hydrogens (primary N) is 1. The van der Waals surface area contributed by atoms with Gasteiger partial charge in [-0.05, 0) is 36.9 Å². The van der Waals surface area contributed by atoms with Crippen molar-refractivity contribution in [2.45, 2.75) is 25.5 Å². The molecular formula is C18H18N4O2S2. The second kappa shape index (κ2) is 7.84. The molecule has 0 atom stereocenters. The maximum atomic E-state index is 12.6. The third kappa shape index (κ3) is 4.03. The minimum atomic E-state index is -0.481. The molecule has 8 heteroatoms. The van der Waals surface area contributed by atoms with Crippen LogP contribution in [0.25, 0.3) is 10.7 Å². The zero-order valence-electron chi connectivity index (χ0n) is 14.4. The normalized spacial score (nSPS) is 10.8. The molecule has 26 heavy (non-hydrogen) atoms. The van der Waals surface area contributed by atoms with E-state index in [2.05, 4.69) is 10.2 Å². The molecule has 1 amide bonds. The summed E-state index contributed by atoms with van der Waals surface area (Å²) >= 11 is 2.77.